The third-order valence-electron chi connectivity index (χ3n) is 3.56. The van der Waals surface area contributed by atoms with Gasteiger partial charge < -0.3 is 15.4 Å². The summed E-state index contributed by atoms with van der Waals surface area (Å²) in [6.07, 6.45) is 1.90. The fraction of sp³-hybridized carbons (Fsp3) is 0.312. The van der Waals surface area contributed by atoms with Crippen LogP contribution in [0.2, 0.25) is 0 Å². The lowest BCUT2D eigenvalue weighted by Crippen LogP contribution is -2.25. The lowest BCUT2D eigenvalue weighted by atomic mass is 10.2. The highest BCUT2D eigenvalue weighted by molar-refractivity contribution is 5.48. The third-order valence-corrected chi connectivity index (χ3v) is 3.56. The van der Waals surface area contributed by atoms with Crippen LogP contribution < -0.4 is 15.4 Å². The molecule has 0 fully saturated rings. The summed E-state index contributed by atoms with van der Waals surface area (Å²) in [5.74, 6) is 0.982. The summed E-state index contributed by atoms with van der Waals surface area (Å²) in [4.78, 5) is 6.71. The molecule has 0 saturated heterocycles. The molecule has 1 aliphatic rings. The van der Waals surface area contributed by atoms with Crippen LogP contribution in [0, 0.1) is 0 Å². The van der Waals surface area contributed by atoms with Gasteiger partial charge in [0, 0.05) is 18.2 Å². The van der Waals surface area contributed by atoms with Crippen molar-refractivity contribution in [2.75, 3.05) is 18.1 Å². The molecule has 1 aromatic carbocycles. The largest absolute Gasteiger partial charge is 0.491 e. The lowest BCUT2D eigenvalue weighted by molar-refractivity contribution is 0.331. The van der Waals surface area contributed by atoms with E-state index in [-0.39, 0.29) is 6.04 Å². The van der Waals surface area contributed by atoms with E-state index < -0.39 is 0 Å². The Morgan fingerprint density at radius 3 is 2.85 bits per heavy atom. The van der Waals surface area contributed by atoms with Crippen molar-refractivity contribution < 1.29 is 4.74 Å². The van der Waals surface area contributed by atoms with Gasteiger partial charge >= 0.3 is 0 Å². The number of rotatable bonds is 2. The molecule has 0 radical (unpaired) electrons. The second-order valence-electron chi connectivity index (χ2n) is 5.11. The molecule has 1 atom stereocenters. The minimum absolute atomic E-state index is 0.0303. The number of ether oxygens (including phenoxy) is 1. The summed E-state index contributed by atoms with van der Waals surface area (Å²) in [6, 6.07) is 12.2. The zero-order valence-electron chi connectivity index (χ0n) is 11.6. The van der Waals surface area contributed by atoms with Gasteiger partial charge in [-0.05, 0) is 25.1 Å². The molecular formula is C16H19N3O. The van der Waals surface area contributed by atoms with Gasteiger partial charge in [0.05, 0.1) is 24.1 Å². The van der Waals surface area contributed by atoms with Gasteiger partial charge in [-0.1, -0.05) is 18.2 Å². The summed E-state index contributed by atoms with van der Waals surface area (Å²) < 4.78 is 5.78. The van der Waals surface area contributed by atoms with Crippen LogP contribution in [0.3, 0.4) is 0 Å². The van der Waals surface area contributed by atoms with Gasteiger partial charge in [-0.15, -0.1) is 0 Å². The number of nitrogens with zero attached hydrogens (tertiary/aromatic N) is 2. The number of fused-ring (bicyclic) bond motifs is 1. The van der Waals surface area contributed by atoms with Crippen molar-refractivity contribution in [1.82, 2.24) is 4.98 Å². The summed E-state index contributed by atoms with van der Waals surface area (Å²) in [6.45, 7) is 4.33. The van der Waals surface area contributed by atoms with Gasteiger partial charge in [0.1, 0.15) is 12.4 Å². The van der Waals surface area contributed by atoms with E-state index in [0.29, 0.717) is 6.61 Å². The fourth-order valence-electron chi connectivity index (χ4n) is 2.40. The SMILES string of the molecule is CC(N)c1ccc(N2CCOc3ccccc3C2)cn1. The van der Waals surface area contributed by atoms with Crippen molar-refractivity contribution in [2.45, 2.75) is 19.5 Å². The highest BCUT2D eigenvalue weighted by Crippen LogP contribution is 2.25. The molecule has 20 heavy (non-hydrogen) atoms. The monoisotopic (exact) mass is 269 g/mol. The molecule has 0 saturated carbocycles. The molecule has 4 nitrogen and oxygen atoms in total. The molecule has 0 spiro atoms. The molecular weight excluding hydrogens is 250 g/mol. The zero-order chi connectivity index (χ0) is 13.9. The van der Waals surface area contributed by atoms with Gasteiger partial charge in [-0.2, -0.15) is 0 Å². The minimum atomic E-state index is -0.0303. The van der Waals surface area contributed by atoms with Crippen molar-refractivity contribution in [3.05, 3.63) is 53.9 Å². The second-order valence-corrected chi connectivity index (χ2v) is 5.11. The first kappa shape index (κ1) is 12.9. The quantitative estimate of drug-likeness (QED) is 0.910. The fourth-order valence-corrected chi connectivity index (χ4v) is 2.40. The summed E-state index contributed by atoms with van der Waals surface area (Å²) >= 11 is 0. The first-order chi connectivity index (χ1) is 9.74. The zero-order valence-corrected chi connectivity index (χ0v) is 11.6. The van der Waals surface area contributed by atoms with E-state index in [4.69, 9.17) is 10.5 Å². The Morgan fingerprint density at radius 1 is 1.25 bits per heavy atom. The average molecular weight is 269 g/mol. The van der Waals surface area contributed by atoms with Crippen LogP contribution in [0.5, 0.6) is 5.75 Å². The molecule has 0 amide bonds. The Morgan fingerprint density at radius 2 is 2.10 bits per heavy atom. The summed E-state index contributed by atoms with van der Waals surface area (Å²) in [5, 5.41) is 0. The maximum Gasteiger partial charge on any atom is 0.124 e. The Balaban J connectivity index is 1.84. The number of hydrogen-bond acceptors (Lipinski definition) is 4. The molecule has 2 N–H and O–H groups in total. The van der Waals surface area contributed by atoms with Crippen LogP contribution in [-0.2, 0) is 6.54 Å². The highest BCUT2D eigenvalue weighted by Gasteiger charge is 2.15. The number of anilines is 1. The van der Waals surface area contributed by atoms with E-state index >= 15 is 0 Å². The molecule has 0 bridgehead atoms. The van der Waals surface area contributed by atoms with E-state index in [2.05, 4.69) is 22.0 Å². The van der Waals surface area contributed by atoms with Gasteiger partial charge in [0.15, 0.2) is 0 Å². The van der Waals surface area contributed by atoms with E-state index in [1.54, 1.807) is 0 Å². The molecule has 1 aliphatic heterocycles. The van der Waals surface area contributed by atoms with Crippen LogP contribution in [0.25, 0.3) is 0 Å². The first-order valence-corrected chi connectivity index (χ1v) is 6.91. The average Bonchev–Trinajstić information content (AvgIpc) is 2.69. The van der Waals surface area contributed by atoms with E-state index in [0.717, 1.165) is 30.2 Å². The van der Waals surface area contributed by atoms with Crippen molar-refractivity contribution in [2.24, 2.45) is 5.73 Å². The van der Waals surface area contributed by atoms with Crippen molar-refractivity contribution in [3.8, 4) is 5.75 Å². The standard InChI is InChI=1S/C16H19N3O/c1-12(17)15-7-6-14(10-18-15)19-8-9-20-16-5-3-2-4-13(16)11-19/h2-7,10,12H,8-9,11,17H2,1H3. The van der Waals surface area contributed by atoms with Crippen molar-refractivity contribution >= 4 is 5.69 Å². The van der Waals surface area contributed by atoms with Crippen LogP contribution in [0.1, 0.15) is 24.2 Å². The number of aromatic nitrogens is 1. The Labute approximate surface area is 119 Å². The first-order valence-electron chi connectivity index (χ1n) is 6.91. The molecule has 0 aliphatic carbocycles. The van der Waals surface area contributed by atoms with E-state index in [9.17, 15) is 0 Å². The van der Waals surface area contributed by atoms with Gasteiger partial charge in [-0.3, -0.25) is 4.98 Å². The van der Waals surface area contributed by atoms with Crippen LogP contribution >= 0.6 is 0 Å². The van der Waals surface area contributed by atoms with Gasteiger partial charge in [-0.25, -0.2) is 0 Å². The molecule has 4 heteroatoms. The van der Waals surface area contributed by atoms with Crippen LogP contribution in [-0.4, -0.2) is 18.1 Å². The van der Waals surface area contributed by atoms with Crippen molar-refractivity contribution in [3.63, 3.8) is 0 Å². The number of para-hydroxylation sites is 1. The lowest BCUT2D eigenvalue weighted by Gasteiger charge is -2.22. The van der Waals surface area contributed by atoms with Gasteiger partial charge in [0.25, 0.3) is 0 Å². The van der Waals surface area contributed by atoms with Gasteiger partial charge in [0.2, 0.25) is 0 Å². The molecule has 1 aromatic heterocycles. The molecule has 104 valence electrons. The summed E-state index contributed by atoms with van der Waals surface area (Å²) in [7, 11) is 0. The predicted molar refractivity (Wildman–Crippen MR) is 79.8 cm³/mol. The maximum absolute atomic E-state index is 5.83. The Hall–Kier alpha value is -2.07. The third kappa shape index (κ3) is 2.60. The van der Waals surface area contributed by atoms with Crippen molar-refractivity contribution in [1.29, 1.82) is 0 Å². The number of hydrogen-bond donors (Lipinski definition) is 1. The van der Waals surface area contributed by atoms with Crippen LogP contribution in [0.4, 0.5) is 5.69 Å². The number of benzene rings is 1. The molecule has 1 unspecified atom stereocenters. The summed E-state index contributed by atoms with van der Waals surface area (Å²) in [5.41, 5.74) is 9.07. The van der Waals surface area contributed by atoms with Crippen LogP contribution in [0.15, 0.2) is 42.6 Å². The second kappa shape index (κ2) is 5.51. The van der Waals surface area contributed by atoms with E-state index in [1.165, 1.54) is 5.56 Å². The van der Waals surface area contributed by atoms with E-state index in [1.807, 2.05) is 37.4 Å². The maximum atomic E-state index is 5.83. The predicted octanol–water partition coefficient (Wildman–Crippen LogP) is 2.50. The minimum Gasteiger partial charge on any atom is -0.491 e. The smallest absolute Gasteiger partial charge is 0.124 e. The highest BCUT2D eigenvalue weighted by atomic mass is 16.5. The molecule has 2 heterocycles. The Bertz CT molecular complexity index is 581. The topological polar surface area (TPSA) is 51.4 Å². The normalized spacial score (nSPS) is 16.0. The Kier molecular flexibility index (Phi) is 3.56. The molecule has 3 rings (SSSR count). The molecule has 2 aromatic rings. The number of nitrogens with two attached hydrogens (primary N) is 1. The number of pyridine rings is 1.